The van der Waals surface area contributed by atoms with Crippen molar-refractivity contribution in [3.63, 3.8) is 0 Å². The Kier molecular flexibility index (Phi) is 5.88. The molecule has 2 unspecified atom stereocenters. The summed E-state index contributed by atoms with van der Waals surface area (Å²) in [4.78, 5) is 27.6. The van der Waals surface area contributed by atoms with Gasteiger partial charge in [-0.25, -0.2) is 13.1 Å². The highest BCUT2D eigenvalue weighted by molar-refractivity contribution is 7.91. The maximum atomic E-state index is 13.0. The van der Waals surface area contributed by atoms with Crippen LogP contribution in [0.5, 0.6) is 0 Å². The number of hydrogen-bond donors (Lipinski definition) is 1. The Balaban J connectivity index is 1.44. The summed E-state index contributed by atoms with van der Waals surface area (Å²) in [5, 5.41) is 7.36. The van der Waals surface area contributed by atoms with Gasteiger partial charge < -0.3 is 10.2 Å². The Morgan fingerprint density at radius 2 is 1.87 bits per heavy atom. The van der Waals surface area contributed by atoms with Crippen LogP contribution in [0.1, 0.15) is 46.9 Å². The normalized spacial score (nSPS) is 23.0. The van der Waals surface area contributed by atoms with Crippen molar-refractivity contribution < 1.29 is 18.0 Å². The fourth-order valence-corrected chi connectivity index (χ4v) is 6.03. The summed E-state index contributed by atoms with van der Waals surface area (Å²) in [7, 11) is -3.06. The minimum absolute atomic E-state index is 0.0409. The first-order valence-electron chi connectivity index (χ1n) is 10.7. The van der Waals surface area contributed by atoms with Gasteiger partial charge in [0.1, 0.15) is 5.82 Å². The Morgan fingerprint density at radius 1 is 1.13 bits per heavy atom. The van der Waals surface area contributed by atoms with Crippen LogP contribution in [0.25, 0.3) is 0 Å². The van der Waals surface area contributed by atoms with E-state index in [9.17, 15) is 18.0 Å². The molecule has 0 radical (unpaired) electrons. The first-order valence-corrected chi connectivity index (χ1v) is 12.5. The number of aromatic nitrogens is 2. The average molecular weight is 445 g/mol. The van der Waals surface area contributed by atoms with Gasteiger partial charge in [-0.15, -0.1) is 0 Å². The van der Waals surface area contributed by atoms with Crippen LogP contribution < -0.4 is 5.32 Å². The molecule has 166 valence electrons. The third kappa shape index (κ3) is 4.81. The molecule has 4 rings (SSSR count). The Bertz CT molecular complexity index is 1090. The molecule has 31 heavy (non-hydrogen) atoms. The third-order valence-corrected chi connectivity index (χ3v) is 7.79. The molecule has 2 fully saturated rings. The zero-order valence-electron chi connectivity index (χ0n) is 17.9. The number of hydrogen-bond acceptors (Lipinski definition) is 5. The number of nitrogens with zero attached hydrogens (tertiary/aromatic N) is 3. The zero-order chi connectivity index (χ0) is 22.2. The highest BCUT2D eigenvalue weighted by Crippen LogP contribution is 2.28. The van der Waals surface area contributed by atoms with E-state index in [2.05, 4.69) is 10.4 Å². The van der Waals surface area contributed by atoms with Crippen molar-refractivity contribution >= 4 is 27.5 Å². The van der Waals surface area contributed by atoms with Crippen molar-refractivity contribution in [1.29, 1.82) is 0 Å². The highest BCUT2D eigenvalue weighted by Gasteiger charge is 2.33. The fraction of sp³-hybridized carbons (Fsp3) is 0.500. The molecular formula is C22H28N4O4S. The monoisotopic (exact) mass is 444 g/mol. The number of amides is 2. The lowest BCUT2D eigenvalue weighted by Crippen LogP contribution is -2.44. The number of carbonyl (C=O) groups is 2. The average Bonchev–Trinajstić information content (AvgIpc) is 3.29. The van der Waals surface area contributed by atoms with Crippen LogP contribution in [0.15, 0.2) is 30.3 Å². The van der Waals surface area contributed by atoms with Crippen LogP contribution in [0.4, 0.5) is 5.82 Å². The maximum Gasteiger partial charge on any atom is 0.253 e. The van der Waals surface area contributed by atoms with E-state index in [1.807, 2.05) is 38.1 Å². The van der Waals surface area contributed by atoms with Crippen molar-refractivity contribution in [3.8, 4) is 0 Å². The first kappa shape index (κ1) is 21.5. The number of carbonyl (C=O) groups excluding carboxylic acids is 2. The summed E-state index contributed by atoms with van der Waals surface area (Å²) in [6, 6.07) is 8.96. The number of anilines is 1. The number of sulfone groups is 1. The summed E-state index contributed by atoms with van der Waals surface area (Å²) in [6.45, 7) is 4.79. The van der Waals surface area contributed by atoms with Crippen LogP contribution in [0.3, 0.4) is 0 Å². The molecule has 1 N–H and O–H groups in total. The summed E-state index contributed by atoms with van der Waals surface area (Å²) < 4.78 is 25.4. The number of aryl methyl sites for hydroxylation is 2. The summed E-state index contributed by atoms with van der Waals surface area (Å²) in [6.07, 6.45) is 1.96. The van der Waals surface area contributed by atoms with Gasteiger partial charge in [-0.2, -0.15) is 5.10 Å². The zero-order valence-corrected chi connectivity index (χ0v) is 18.7. The van der Waals surface area contributed by atoms with Gasteiger partial charge in [-0.3, -0.25) is 9.59 Å². The molecule has 0 spiro atoms. The van der Waals surface area contributed by atoms with Gasteiger partial charge in [-0.05, 0) is 45.2 Å². The number of likely N-dealkylation sites (tertiary alicyclic amines) is 1. The molecular weight excluding hydrogens is 416 g/mol. The van der Waals surface area contributed by atoms with Crippen molar-refractivity contribution in [1.82, 2.24) is 14.7 Å². The standard InChI is InChI=1S/C22H28N4O4S/c1-15-5-7-17(8-6-15)22(28)25-10-3-4-18(13-25)21(27)23-20-12-16(2)24-26(20)19-9-11-31(29,30)14-19/h5-8,12,18-19H,3-4,9-11,13-14H2,1-2H3,(H,23,27). The second kappa shape index (κ2) is 8.45. The van der Waals surface area contributed by atoms with Gasteiger partial charge >= 0.3 is 0 Å². The minimum atomic E-state index is -3.06. The SMILES string of the molecule is Cc1ccc(C(=O)N2CCCC(C(=O)Nc3cc(C)nn3C3CCS(=O)(=O)C3)C2)cc1. The van der Waals surface area contributed by atoms with E-state index in [1.165, 1.54) is 0 Å². The van der Waals surface area contributed by atoms with Crippen LogP contribution in [-0.2, 0) is 14.6 Å². The van der Waals surface area contributed by atoms with Gasteiger partial charge in [0.15, 0.2) is 9.84 Å². The number of rotatable bonds is 4. The van der Waals surface area contributed by atoms with E-state index in [1.54, 1.807) is 15.6 Å². The summed E-state index contributed by atoms with van der Waals surface area (Å²) >= 11 is 0. The topological polar surface area (TPSA) is 101 Å². The van der Waals surface area contributed by atoms with Gasteiger partial charge in [0.2, 0.25) is 5.91 Å². The first-order chi connectivity index (χ1) is 14.7. The summed E-state index contributed by atoms with van der Waals surface area (Å²) in [5.41, 5.74) is 2.44. The number of piperidine rings is 1. The van der Waals surface area contributed by atoms with Crippen molar-refractivity contribution in [2.24, 2.45) is 5.92 Å². The smallest absolute Gasteiger partial charge is 0.253 e. The van der Waals surface area contributed by atoms with E-state index >= 15 is 0 Å². The second-order valence-corrected chi connectivity index (χ2v) is 10.8. The van der Waals surface area contributed by atoms with Crippen LogP contribution in [0, 0.1) is 19.8 Å². The van der Waals surface area contributed by atoms with Gasteiger partial charge in [-0.1, -0.05) is 17.7 Å². The van der Waals surface area contributed by atoms with E-state index in [-0.39, 0.29) is 35.3 Å². The lowest BCUT2D eigenvalue weighted by atomic mass is 9.96. The van der Waals surface area contributed by atoms with Crippen LogP contribution >= 0.6 is 0 Å². The number of benzene rings is 1. The van der Waals surface area contributed by atoms with Crippen molar-refractivity contribution in [2.75, 3.05) is 29.9 Å². The fourth-order valence-electron chi connectivity index (χ4n) is 4.34. The van der Waals surface area contributed by atoms with E-state index in [0.29, 0.717) is 37.3 Å². The lowest BCUT2D eigenvalue weighted by molar-refractivity contribution is -0.121. The van der Waals surface area contributed by atoms with E-state index < -0.39 is 9.84 Å². The molecule has 2 atom stereocenters. The van der Waals surface area contributed by atoms with Crippen molar-refractivity contribution in [2.45, 2.75) is 39.2 Å². The van der Waals surface area contributed by atoms with Crippen molar-refractivity contribution in [3.05, 3.63) is 47.2 Å². The minimum Gasteiger partial charge on any atom is -0.338 e. The van der Waals surface area contributed by atoms with Gasteiger partial charge in [0.05, 0.1) is 29.2 Å². The molecule has 1 aromatic carbocycles. The van der Waals surface area contributed by atoms with Gasteiger partial charge in [0, 0.05) is 24.7 Å². The molecule has 8 nitrogen and oxygen atoms in total. The molecule has 1 aromatic heterocycles. The molecule has 2 aromatic rings. The molecule has 3 heterocycles. The third-order valence-electron chi connectivity index (χ3n) is 6.04. The molecule has 2 aliphatic heterocycles. The maximum absolute atomic E-state index is 13.0. The van der Waals surface area contributed by atoms with Crippen LogP contribution in [-0.4, -0.2) is 59.5 Å². The highest BCUT2D eigenvalue weighted by atomic mass is 32.2. The van der Waals surface area contributed by atoms with Crippen LogP contribution in [0.2, 0.25) is 0 Å². The largest absolute Gasteiger partial charge is 0.338 e. The molecule has 0 aliphatic carbocycles. The summed E-state index contributed by atoms with van der Waals surface area (Å²) in [5.74, 6) is 0.158. The molecule has 0 bridgehead atoms. The number of nitrogens with one attached hydrogen (secondary N) is 1. The van der Waals surface area contributed by atoms with E-state index in [4.69, 9.17) is 0 Å². The molecule has 2 saturated heterocycles. The second-order valence-electron chi connectivity index (χ2n) is 8.62. The predicted molar refractivity (Wildman–Crippen MR) is 118 cm³/mol. The Hall–Kier alpha value is -2.68. The quantitative estimate of drug-likeness (QED) is 0.780. The van der Waals surface area contributed by atoms with E-state index in [0.717, 1.165) is 17.7 Å². The molecule has 2 amide bonds. The Morgan fingerprint density at radius 3 is 2.55 bits per heavy atom. The predicted octanol–water partition coefficient (Wildman–Crippen LogP) is 2.35. The molecule has 0 saturated carbocycles. The molecule has 2 aliphatic rings. The Labute approximate surface area is 182 Å². The lowest BCUT2D eigenvalue weighted by Gasteiger charge is -2.32. The van der Waals surface area contributed by atoms with Gasteiger partial charge in [0.25, 0.3) is 5.91 Å². The molecule has 9 heteroatoms.